The Hall–Kier alpha value is -1.42. The first-order valence-corrected chi connectivity index (χ1v) is 6.77. The van der Waals surface area contributed by atoms with Crippen molar-refractivity contribution in [3.8, 4) is 0 Å². The second-order valence-corrected chi connectivity index (χ2v) is 4.74. The van der Waals surface area contributed by atoms with Crippen molar-refractivity contribution >= 4 is 5.91 Å². The third kappa shape index (κ3) is 4.03. The van der Waals surface area contributed by atoms with E-state index in [-0.39, 0.29) is 24.2 Å². The molecule has 1 atom stereocenters. The summed E-state index contributed by atoms with van der Waals surface area (Å²) in [7, 11) is 0. The molecule has 0 saturated carbocycles. The zero-order valence-electron chi connectivity index (χ0n) is 11.9. The van der Waals surface area contributed by atoms with Gasteiger partial charge in [0.25, 0.3) is 0 Å². The van der Waals surface area contributed by atoms with Gasteiger partial charge in [0.05, 0.1) is 5.92 Å². The summed E-state index contributed by atoms with van der Waals surface area (Å²) in [6.45, 7) is 7.32. The Morgan fingerprint density at radius 2 is 2.00 bits per heavy atom. The van der Waals surface area contributed by atoms with Crippen LogP contribution in [0.25, 0.3) is 0 Å². The Balaban J connectivity index is 2.87. The number of rotatable bonds is 6. The molecule has 0 aliphatic rings. The van der Waals surface area contributed by atoms with Crippen LogP contribution in [0.15, 0.2) is 18.2 Å². The summed E-state index contributed by atoms with van der Waals surface area (Å²) in [4.78, 5) is 14.0. The number of carbonyl (C=O) groups excluding carboxylic acids is 1. The van der Waals surface area contributed by atoms with Crippen LogP contribution in [0.5, 0.6) is 0 Å². The van der Waals surface area contributed by atoms with Gasteiger partial charge in [0.2, 0.25) is 5.91 Å². The van der Waals surface area contributed by atoms with Crippen LogP contribution < -0.4 is 5.73 Å². The van der Waals surface area contributed by atoms with Crippen LogP contribution in [0.1, 0.15) is 25.0 Å². The molecule has 1 amide bonds. The van der Waals surface area contributed by atoms with E-state index >= 15 is 0 Å². The molecule has 19 heavy (non-hydrogen) atoms. The van der Waals surface area contributed by atoms with Crippen molar-refractivity contribution < 1.29 is 9.18 Å². The molecule has 0 aliphatic heterocycles. The number of nitrogens with zero attached hydrogens (tertiary/aromatic N) is 1. The lowest BCUT2D eigenvalue weighted by Crippen LogP contribution is -2.40. The first-order chi connectivity index (χ1) is 9.03. The lowest BCUT2D eigenvalue weighted by atomic mass is 9.96. The lowest BCUT2D eigenvalue weighted by Gasteiger charge is -2.24. The predicted molar refractivity (Wildman–Crippen MR) is 75.3 cm³/mol. The van der Waals surface area contributed by atoms with E-state index in [2.05, 4.69) is 0 Å². The highest BCUT2D eigenvalue weighted by Crippen LogP contribution is 2.16. The summed E-state index contributed by atoms with van der Waals surface area (Å²) in [5.41, 5.74) is 7.24. The van der Waals surface area contributed by atoms with E-state index < -0.39 is 0 Å². The quantitative estimate of drug-likeness (QED) is 0.857. The molecule has 1 aromatic rings. The Bertz CT molecular complexity index is 430. The summed E-state index contributed by atoms with van der Waals surface area (Å²) in [6.07, 6.45) is 0.360. The predicted octanol–water partition coefficient (Wildman–Crippen LogP) is 2.12. The normalized spacial score (nSPS) is 12.3. The number of amides is 1. The fraction of sp³-hybridized carbons (Fsp3) is 0.533. The molecule has 106 valence electrons. The molecule has 0 bridgehead atoms. The summed E-state index contributed by atoms with van der Waals surface area (Å²) in [5.74, 6) is -0.610. The van der Waals surface area contributed by atoms with Crippen LogP contribution in [-0.4, -0.2) is 30.4 Å². The maximum absolute atomic E-state index is 13.7. The number of hydrogen-bond acceptors (Lipinski definition) is 2. The highest BCUT2D eigenvalue weighted by molar-refractivity contribution is 5.79. The molecule has 1 rings (SSSR count). The van der Waals surface area contributed by atoms with E-state index in [1.54, 1.807) is 17.0 Å². The van der Waals surface area contributed by atoms with Crippen molar-refractivity contribution in [3.05, 3.63) is 35.1 Å². The molecule has 3 nitrogen and oxygen atoms in total. The van der Waals surface area contributed by atoms with E-state index in [0.717, 1.165) is 5.56 Å². The monoisotopic (exact) mass is 266 g/mol. The average Bonchev–Trinajstić information content (AvgIpc) is 2.41. The fourth-order valence-corrected chi connectivity index (χ4v) is 2.19. The maximum Gasteiger partial charge on any atom is 0.227 e. The molecule has 1 unspecified atom stereocenters. The largest absolute Gasteiger partial charge is 0.343 e. The number of carbonyl (C=O) groups is 1. The van der Waals surface area contributed by atoms with Crippen LogP contribution in [0, 0.1) is 18.7 Å². The molecule has 0 saturated heterocycles. The SMILES string of the molecule is CCN(CC)C(=O)C(CN)Cc1cc(C)ccc1F. The van der Waals surface area contributed by atoms with E-state index in [4.69, 9.17) is 5.73 Å². The van der Waals surface area contributed by atoms with Gasteiger partial charge in [0.1, 0.15) is 5.82 Å². The van der Waals surface area contributed by atoms with Gasteiger partial charge in [-0.2, -0.15) is 0 Å². The van der Waals surface area contributed by atoms with Gasteiger partial charge in [-0.05, 0) is 38.8 Å². The molecule has 0 heterocycles. The molecule has 2 N–H and O–H groups in total. The van der Waals surface area contributed by atoms with Gasteiger partial charge < -0.3 is 10.6 Å². The van der Waals surface area contributed by atoms with Gasteiger partial charge in [-0.15, -0.1) is 0 Å². The van der Waals surface area contributed by atoms with Gasteiger partial charge in [-0.25, -0.2) is 4.39 Å². The van der Waals surface area contributed by atoms with E-state index in [1.807, 2.05) is 20.8 Å². The van der Waals surface area contributed by atoms with E-state index in [9.17, 15) is 9.18 Å². The average molecular weight is 266 g/mol. The van der Waals surface area contributed by atoms with E-state index in [0.29, 0.717) is 25.1 Å². The van der Waals surface area contributed by atoms with Gasteiger partial charge in [-0.1, -0.05) is 17.7 Å². The molecule has 4 heteroatoms. The van der Waals surface area contributed by atoms with Gasteiger partial charge in [-0.3, -0.25) is 4.79 Å². The smallest absolute Gasteiger partial charge is 0.227 e. The third-order valence-electron chi connectivity index (χ3n) is 3.38. The zero-order valence-corrected chi connectivity index (χ0v) is 11.9. The van der Waals surface area contributed by atoms with Crippen LogP contribution >= 0.6 is 0 Å². The first-order valence-electron chi connectivity index (χ1n) is 6.77. The number of hydrogen-bond donors (Lipinski definition) is 1. The molecule has 1 aromatic carbocycles. The molecular formula is C15H23FN2O. The summed E-state index contributed by atoms with van der Waals surface area (Å²) in [5, 5.41) is 0. The molecule has 0 aromatic heterocycles. The van der Waals surface area contributed by atoms with Crippen molar-refractivity contribution in [2.24, 2.45) is 11.7 Å². The van der Waals surface area contributed by atoms with Crippen LogP contribution in [-0.2, 0) is 11.2 Å². The Morgan fingerprint density at radius 3 is 2.53 bits per heavy atom. The summed E-state index contributed by atoms with van der Waals surface area (Å²) >= 11 is 0. The van der Waals surface area contributed by atoms with Crippen molar-refractivity contribution in [2.75, 3.05) is 19.6 Å². The number of aryl methyl sites for hydroxylation is 1. The molecule has 0 radical (unpaired) electrons. The fourth-order valence-electron chi connectivity index (χ4n) is 2.19. The Kier molecular flexibility index (Phi) is 5.96. The van der Waals surface area contributed by atoms with E-state index in [1.165, 1.54) is 6.07 Å². The van der Waals surface area contributed by atoms with Crippen molar-refractivity contribution in [3.63, 3.8) is 0 Å². The topological polar surface area (TPSA) is 46.3 Å². The summed E-state index contributed by atoms with van der Waals surface area (Å²) < 4.78 is 13.7. The molecular weight excluding hydrogens is 243 g/mol. The minimum absolute atomic E-state index is 0.00778. The van der Waals surface area contributed by atoms with Crippen molar-refractivity contribution in [1.29, 1.82) is 0 Å². The van der Waals surface area contributed by atoms with Crippen molar-refractivity contribution in [2.45, 2.75) is 27.2 Å². The molecule has 0 spiro atoms. The Morgan fingerprint density at radius 1 is 1.37 bits per heavy atom. The van der Waals surface area contributed by atoms with Crippen LogP contribution in [0.4, 0.5) is 4.39 Å². The third-order valence-corrected chi connectivity index (χ3v) is 3.38. The second-order valence-electron chi connectivity index (χ2n) is 4.74. The molecule has 0 aliphatic carbocycles. The van der Waals surface area contributed by atoms with Crippen molar-refractivity contribution in [1.82, 2.24) is 4.90 Å². The van der Waals surface area contributed by atoms with Crippen LogP contribution in [0.2, 0.25) is 0 Å². The number of halogens is 1. The van der Waals surface area contributed by atoms with Gasteiger partial charge in [0.15, 0.2) is 0 Å². The number of nitrogens with two attached hydrogens (primary N) is 1. The highest BCUT2D eigenvalue weighted by atomic mass is 19.1. The minimum Gasteiger partial charge on any atom is -0.343 e. The van der Waals surface area contributed by atoms with Gasteiger partial charge in [0, 0.05) is 19.6 Å². The minimum atomic E-state index is -0.351. The lowest BCUT2D eigenvalue weighted by molar-refractivity contribution is -0.134. The zero-order chi connectivity index (χ0) is 14.4. The molecule has 0 fully saturated rings. The summed E-state index contributed by atoms with van der Waals surface area (Å²) in [6, 6.07) is 4.95. The highest BCUT2D eigenvalue weighted by Gasteiger charge is 2.22. The van der Waals surface area contributed by atoms with Gasteiger partial charge >= 0.3 is 0 Å². The van der Waals surface area contributed by atoms with Crippen LogP contribution in [0.3, 0.4) is 0 Å². The Labute approximate surface area is 114 Å². The second kappa shape index (κ2) is 7.24. The maximum atomic E-state index is 13.7. The first kappa shape index (κ1) is 15.6. The standard InChI is InChI=1S/C15H23FN2O/c1-4-18(5-2)15(19)13(10-17)9-12-8-11(3)6-7-14(12)16/h6-8,13H,4-5,9-10,17H2,1-3H3. The number of benzene rings is 1.